The lowest BCUT2D eigenvalue weighted by atomic mass is 10.1. The molecule has 16 heavy (non-hydrogen) atoms. The van der Waals surface area contributed by atoms with E-state index in [9.17, 15) is 13.2 Å². The Hall–Kier alpha value is -0.660. The molecule has 0 saturated carbocycles. The van der Waals surface area contributed by atoms with Crippen LogP contribution in [0.4, 0.5) is 0 Å². The van der Waals surface area contributed by atoms with E-state index in [1.54, 1.807) is 6.92 Å². The van der Waals surface area contributed by atoms with Crippen molar-refractivity contribution >= 4 is 15.9 Å². The summed E-state index contributed by atoms with van der Waals surface area (Å²) in [6.07, 6.45) is 0. The van der Waals surface area contributed by atoms with Crippen LogP contribution in [0.1, 0.15) is 13.8 Å². The van der Waals surface area contributed by atoms with Gasteiger partial charge in [-0.05, 0) is 13.6 Å². The van der Waals surface area contributed by atoms with Gasteiger partial charge in [-0.3, -0.25) is 4.79 Å². The lowest BCUT2D eigenvalue weighted by Gasteiger charge is -2.12. The van der Waals surface area contributed by atoms with Gasteiger partial charge in [0.25, 0.3) is 0 Å². The van der Waals surface area contributed by atoms with Gasteiger partial charge in [0.05, 0.1) is 5.75 Å². The number of nitrogens with one attached hydrogen (secondary N) is 3. The van der Waals surface area contributed by atoms with Crippen LogP contribution in [0.5, 0.6) is 0 Å². The van der Waals surface area contributed by atoms with Gasteiger partial charge in [-0.15, -0.1) is 0 Å². The van der Waals surface area contributed by atoms with E-state index in [1.807, 2.05) is 6.92 Å². The largest absolute Gasteiger partial charge is 0.355 e. The van der Waals surface area contributed by atoms with Crippen molar-refractivity contribution in [3.05, 3.63) is 0 Å². The smallest absolute Gasteiger partial charge is 0.224 e. The quantitative estimate of drug-likeness (QED) is 0.511. The third-order valence-corrected chi connectivity index (χ3v) is 3.49. The summed E-state index contributed by atoms with van der Waals surface area (Å²) in [6.45, 7) is 5.31. The Bertz CT molecular complexity index is 303. The Labute approximate surface area is 97.2 Å². The molecule has 1 amide bonds. The molecule has 0 rings (SSSR count). The van der Waals surface area contributed by atoms with Gasteiger partial charge >= 0.3 is 0 Å². The van der Waals surface area contributed by atoms with Crippen molar-refractivity contribution in [2.45, 2.75) is 13.8 Å². The van der Waals surface area contributed by atoms with Crippen molar-refractivity contribution in [3.8, 4) is 0 Å². The van der Waals surface area contributed by atoms with Gasteiger partial charge in [0.15, 0.2) is 0 Å². The first-order chi connectivity index (χ1) is 7.43. The van der Waals surface area contributed by atoms with Crippen LogP contribution in [-0.4, -0.2) is 46.8 Å². The fourth-order valence-corrected chi connectivity index (χ4v) is 1.61. The third-order valence-electron chi connectivity index (χ3n) is 2.13. The number of hydrogen-bond donors (Lipinski definition) is 3. The minimum Gasteiger partial charge on any atom is -0.355 e. The molecule has 0 aliphatic rings. The zero-order valence-electron chi connectivity index (χ0n) is 10.0. The number of amides is 1. The van der Waals surface area contributed by atoms with Crippen LogP contribution >= 0.6 is 0 Å². The number of rotatable bonds is 8. The van der Waals surface area contributed by atoms with Crippen molar-refractivity contribution in [2.24, 2.45) is 5.92 Å². The summed E-state index contributed by atoms with van der Waals surface area (Å²) in [5.74, 6) is -0.382. The lowest BCUT2D eigenvalue weighted by Crippen LogP contribution is -2.38. The first-order valence-electron chi connectivity index (χ1n) is 5.32. The summed E-state index contributed by atoms with van der Waals surface area (Å²) in [5.41, 5.74) is 0. The van der Waals surface area contributed by atoms with Crippen LogP contribution in [-0.2, 0) is 14.8 Å². The van der Waals surface area contributed by atoms with Crippen LogP contribution in [0, 0.1) is 5.92 Å². The molecule has 0 aromatic carbocycles. The second-order valence-electron chi connectivity index (χ2n) is 3.52. The molecule has 0 bridgehead atoms. The fourth-order valence-electron chi connectivity index (χ4n) is 1.04. The van der Waals surface area contributed by atoms with Crippen molar-refractivity contribution in [1.29, 1.82) is 0 Å². The molecule has 0 aromatic rings. The minimum absolute atomic E-state index is 0.0941. The van der Waals surface area contributed by atoms with E-state index < -0.39 is 10.0 Å². The maximum absolute atomic E-state index is 11.5. The monoisotopic (exact) mass is 251 g/mol. The highest BCUT2D eigenvalue weighted by Gasteiger charge is 2.13. The predicted octanol–water partition coefficient (Wildman–Crippen LogP) is -1.10. The van der Waals surface area contributed by atoms with E-state index >= 15 is 0 Å². The summed E-state index contributed by atoms with van der Waals surface area (Å²) < 4.78 is 24.3. The lowest BCUT2D eigenvalue weighted by molar-refractivity contribution is -0.124. The van der Waals surface area contributed by atoms with Crippen molar-refractivity contribution < 1.29 is 13.2 Å². The minimum atomic E-state index is -3.24. The molecule has 6 nitrogen and oxygen atoms in total. The first kappa shape index (κ1) is 15.3. The summed E-state index contributed by atoms with van der Waals surface area (Å²) in [4.78, 5) is 11.5. The topological polar surface area (TPSA) is 87.3 Å². The molecule has 1 unspecified atom stereocenters. The molecule has 0 saturated heterocycles. The van der Waals surface area contributed by atoms with E-state index in [0.717, 1.165) is 6.54 Å². The Morgan fingerprint density at radius 2 is 2.00 bits per heavy atom. The third kappa shape index (κ3) is 6.76. The molecule has 7 heteroatoms. The van der Waals surface area contributed by atoms with Crippen molar-refractivity contribution in [2.75, 3.05) is 32.4 Å². The Morgan fingerprint density at radius 1 is 1.38 bits per heavy atom. The van der Waals surface area contributed by atoms with Gasteiger partial charge in [0.1, 0.15) is 0 Å². The maximum atomic E-state index is 11.5. The molecule has 0 aromatic heterocycles. The molecule has 1 atom stereocenters. The number of carbonyl (C=O) groups excluding carboxylic acids is 1. The SMILES string of the molecule is CCNCC(C)C(=O)NCCS(=O)(=O)NC. The van der Waals surface area contributed by atoms with E-state index in [1.165, 1.54) is 7.05 Å². The number of hydrogen-bond acceptors (Lipinski definition) is 4. The molecule has 0 heterocycles. The summed E-state index contributed by atoms with van der Waals surface area (Å²) in [7, 11) is -1.89. The second kappa shape index (κ2) is 7.59. The number of carbonyl (C=O) groups is 1. The highest BCUT2D eigenvalue weighted by Crippen LogP contribution is 1.92. The zero-order chi connectivity index (χ0) is 12.6. The average Bonchev–Trinajstić information content (AvgIpc) is 2.25. The maximum Gasteiger partial charge on any atom is 0.224 e. The van der Waals surface area contributed by atoms with Gasteiger partial charge < -0.3 is 10.6 Å². The van der Waals surface area contributed by atoms with E-state index in [0.29, 0.717) is 6.54 Å². The average molecular weight is 251 g/mol. The van der Waals surface area contributed by atoms with Gasteiger partial charge in [0.2, 0.25) is 15.9 Å². The second-order valence-corrected chi connectivity index (χ2v) is 5.57. The highest BCUT2D eigenvalue weighted by molar-refractivity contribution is 7.89. The molecule has 0 aliphatic carbocycles. The molecule has 0 spiro atoms. The van der Waals surface area contributed by atoms with Crippen molar-refractivity contribution in [3.63, 3.8) is 0 Å². The molecule has 0 aliphatic heterocycles. The van der Waals surface area contributed by atoms with Crippen LogP contribution in [0.25, 0.3) is 0 Å². The molecule has 0 radical (unpaired) electrons. The summed E-state index contributed by atoms with van der Waals surface area (Å²) in [6, 6.07) is 0. The molecular weight excluding hydrogens is 230 g/mol. The molecular formula is C9H21N3O3S. The van der Waals surface area contributed by atoms with Crippen LogP contribution in [0.3, 0.4) is 0 Å². The Balaban J connectivity index is 3.81. The van der Waals surface area contributed by atoms with Crippen LogP contribution in [0.15, 0.2) is 0 Å². The highest BCUT2D eigenvalue weighted by atomic mass is 32.2. The van der Waals surface area contributed by atoms with Crippen molar-refractivity contribution in [1.82, 2.24) is 15.4 Å². The predicted molar refractivity (Wildman–Crippen MR) is 63.6 cm³/mol. The normalized spacial score (nSPS) is 13.4. The number of sulfonamides is 1. The van der Waals surface area contributed by atoms with Gasteiger partial charge in [-0.2, -0.15) is 0 Å². The molecule has 3 N–H and O–H groups in total. The standard InChI is InChI=1S/C9H21N3O3S/c1-4-11-7-8(2)9(13)12-5-6-16(14,15)10-3/h8,10-11H,4-7H2,1-3H3,(H,12,13). The Morgan fingerprint density at radius 3 is 2.50 bits per heavy atom. The van der Waals surface area contributed by atoms with Crippen LogP contribution in [0.2, 0.25) is 0 Å². The van der Waals surface area contributed by atoms with E-state index in [4.69, 9.17) is 0 Å². The molecule has 96 valence electrons. The first-order valence-corrected chi connectivity index (χ1v) is 6.97. The van der Waals surface area contributed by atoms with Gasteiger partial charge in [-0.1, -0.05) is 13.8 Å². The fraction of sp³-hybridized carbons (Fsp3) is 0.889. The van der Waals surface area contributed by atoms with E-state index in [2.05, 4.69) is 15.4 Å². The zero-order valence-corrected chi connectivity index (χ0v) is 10.9. The summed E-state index contributed by atoms with van der Waals surface area (Å²) >= 11 is 0. The Kier molecular flexibility index (Phi) is 7.27. The summed E-state index contributed by atoms with van der Waals surface area (Å²) in [5, 5.41) is 5.64. The van der Waals surface area contributed by atoms with Gasteiger partial charge in [-0.25, -0.2) is 13.1 Å². The van der Waals surface area contributed by atoms with Crippen LogP contribution < -0.4 is 15.4 Å². The van der Waals surface area contributed by atoms with E-state index in [-0.39, 0.29) is 24.1 Å². The van der Waals surface area contributed by atoms with Gasteiger partial charge in [0, 0.05) is 19.0 Å². The molecule has 0 fully saturated rings.